The number of hydrogen-bond acceptors (Lipinski definition) is 10. The lowest BCUT2D eigenvalue weighted by Gasteiger charge is -2.40. The van der Waals surface area contributed by atoms with E-state index in [9.17, 15) is 29.2 Å². The van der Waals surface area contributed by atoms with Crippen LogP contribution in [0.2, 0.25) is 5.02 Å². The minimum atomic E-state index is -1.12. The molecule has 0 bridgehead atoms. The first kappa shape index (κ1) is 41.7. The quantitative estimate of drug-likeness (QED) is 0.305. The molecule has 62 heavy (non-hydrogen) atoms. The van der Waals surface area contributed by atoms with Crippen LogP contribution in [0.1, 0.15) is 88.5 Å². The molecule has 0 radical (unpaired) electrons. The molecule has 5 fully saturated rings. The molecule has 16 heteroatoms. The summed E-state index contributed by atoms with van der Waals surface area (Å²) in [5.41, 5.74) is 2.68. The van der Waals surface area contributed by atoms with Gasteiger partial charge in [-0.25, -0.2) is 8.78 Å². The molecule has 0 aliphatic carbocycles. The van der Waals surface area contributed by atoms with E-state index in [4.69, 9.17) is 11.6 Å². The van der Waals surface area contributed by atoms with Crippen molar-refractivity contribution in [2.75, 3.05) is 80.1 Å². The Morgan fingerprint density at radius 3 is 2.18 bits per heavy atom. The number of fused-ring (bicyclic) bond motifs is 1. The summed E-state index contributed by atoms with van der Waals surface area (Å²) in [6.07, 6.45) is 4.50. The Balaban J connectivity index is 0.738. The Labute approximate surface area is 364 Å². The monoisotopic (exact) mass is 866 g/mol. The van der Waals surface area contributed by atoms with Gasteiger partial charge in [-0.15, -0.1) is 0 Å². The zero-order valence-electron chi connectivity index (χ0n) is 34.7. The molecule has 6 aliphatic heterocycles. The highest BCUT2D eigenvalue weighted by Crippen LogP contribution is 2.46. The number of anilines is 3. The van der Waals surface area contributed by atoms with Gasteiger partial charge in [0.2, 0.25) is 11.8 Å². The number of nitrogens with one attached hydrogen (secondary N) is 1. The molecule has 0 aromatic heterocycles. The lowest BCUT2D eigenvalue weighted by atomic mass is 9.76. The second kappa shape index (κ2) is 16.6. The second-order valence-electron chi connectivity index (χ2n) is 17.9. The number of nitriles is 1. The van der Waals surface area contributed by atoms with Gasteiger partial charge in [0.05, 0.1) is 33.1 Å². The first-order valence-electron chi connectivity index (χ1n) is 21.6. The molecule has 2 atom stereocenters. The van der Waals surface area contributed by atoms with Gasteiger partial charge in [-0.2, -0.15) is 5.26 Å². The fourth-order valence-corrected chi connectivity index (χ4v) is 10.9. The number of benzene rings is 3. The van der Waals surface area contributed by atoms with Gasteiger partial charge in [-0.05, 0) is 105 Å². The van der Waals surface area contributed by atoms with Crippen molar-refractivity contribution < 1.29 is 32.8 Å². The summed E-state index contributed by atoms with van der Waals surface area (Å²) >= 11 is 6.36. The van der Waals surface area contributed by atoms with Gasteiger partial charge in [0, 0.05) is 89.2 Å². The van der Waals surface area contributed by atoms with E-state index in [1.165, 1.54) is 12.1 Å². The lowest BCUT2D eigenvalue weighted by Crippen LogP contribution is -2.54. The van der Waals surface area contributed by atoms with Crippen LogP contribution in [-0.4, -0.2) is 122 Å². The van der Waals surface area contributed by atoms with Crippen LogP contribution < -0.4 is 20.0 Å². The number of carbonyl (C=O) groups excluding carboxylic acids is 5. The second-order valence-corrected chi connectivity index (χ2v) is 18.3. The van der Waals surface area contributed by atoms with Crippen molar-refractivity contribution >= 4 is 58.2 Å². The molecule has 3 aromatic rings. The maximum Gasteiger partial charge on any atom is 0.262 e. The zero-order valence-corrected chi connectivity index (χ0v) is 35.4. The van der Waals surface area contributed by atoms with E-state index in [0.29, 0.717) is 73.1 Å². The standard InChI is InChI=1S/C46H49ClF2N8O5/c1-28-24-46(27-56(28)32-4-2-31(25-50)35(47)21-32)10-14-54(15-11-46)38-5-3-30(20-36(38)48)43(60)55-18-16-52(17-19-55)26-29-8-12-53(13-9-29)40-23-34-33(22-37(40)49)44(61)57(45(34)62)39-6-7-41(58)51-42(39)59/h2-5,20-23,28-29,39H,6-19,24,26-27H2,1H3,(H,51,58,59)/t28-,39?/m0/s1. The van der Waals surface area contributed by atoms with E-state index in [1.54, 1.807) is 23.1 Å². The summed E-state index contributed by atoms with van der Waals surface area (Å²) < 4.78 is 31.2. The molecule has 1 spiro atoms. The fraction of sp³-hybridized carbons (Fsp3) is 0.478. The Bertz CT molecular complexity index is 2380. The molecule has 0 saturated carbocycles. The third kappa shape index (κ3) is 7.76. The van der Waals surface area contributed by atoms with Crippen LogP contribution in [0.25, 0.3) is 0 Å². The molecule has 13 nitrogen and oxygen atoms in total. The smallest absolute Gasteiger partial charge is 0.262 e. The first-order valence-corrected chi connectivity index (χ1v) is 22.0. The number of nitrogens with zero attached hydrogens (tertiary/aromatic N) is 7. The number of rotatable bonds is 7. The Hall–Kier alpha value is -5.59. The van der Waals surface area contributed by atoms with Crippen LogP contribution in [0.15, 0.2) is 48.5 Å². The minimum absolute atomic E-state index is 0.00454. The molecule has 324 valence electrons. The van der Waals surface area contributed by atoms with Gasteiger partial charge in [0.1, 0.15) is 23.7 Å². The largest absolute Gasteiger partial charge is 0.369 e. The molecule has 3 aromatic carbocycles. The van der Waals surface area contributed by atoms with Crippen LogP contribution in [-0.2, 0) is 9.59 Å². The van der Waals surface area contributed by atoms with Crippen molar-refractivity contribution in [1.82, 2.24) is 20.0 Å². The number of hydrogen-bond donors (Lipinski definition) is 1. The van der Waals surface area contributed by atoms with Gasteiger partial charge in [0.25, 0.3) is 17.7 Å². The first-order chi connectivity index (χ1) is 29.8. The van der Waals surface area contributed by atoms with E-state index in [2.05, 4.69) is 33.0 Å². The van der Waals surface area contributed by atoms with Crippen molar-refractivity contribution in [3.8, 4) is 6.07 Å². The number of amides is 5. The maximum absolute atomic E-state index is 15.7. The number of piperidine rings is 3. The zero-order chi connectivity index (χ0) is 43.4. The van der Waals surface area contributed by atoms with E-state index in [1.807, 2.05) is 17.0 Å². The highest BCUT2D eigenvalue weighted by Gasteiger charge is 2.46. The molecule has 1 N–H and O–H groups in total. The highest BCUT2D eigenvalue weighted by atomic mass is 35.5. The lowest BCUT2D eigenvalue weighted by molar-refractivity contribution is -0.136. The normalized spacial score (nSPS) is 23.3. The average Bonchev–Trinajstić information content (AvgIpc) is 3.71. The molecule has 5 saturated heterocycles. The van der Waals surface area contributed by atoms with Crippen LogP contribution in [0.3, 0.4) is 0 Å². The summed E-state index contributed by atoms with van der Waals surface area (Å²) in [5.74, 6) is -3.40. The van der Waals surface area contributed by atoms with E-state index in [-0.39, 0.29) is 46.8 Å². The SMILES string of the molecule is C[C@H]1CC2(CCN(c3ccc(C(=O)N4CCN(CC5CCN(c6cc7c(cc6F)C(=O)N(C6CCC(=O)NC6=O)C7=O)CC5)CC4)cc3F)CC2)CN1c1ccc(C#N)c(Cl)c1. The minimum Gasteiger partial charge on any atom is -0.369 e. The van der Waals surface area contributed by atoms with Crippen LogP contribution in [0.4, 0.5) is 25.8 Å². The van der Waals surface area contributed by atoms with Gasteiger partial charge >= 0.3 is 0 Å². The van der Waals surface area contributed by atoms with Gasteiger partial charge in [0.15, 0.2) is 0 Å². The molecular formula is C46H49ClF2N8O5. The Morgan fingerprint density at radius 2 is 1.52 bits per heavy atom. The number of carbonyl (C=O) groups is 5. The summed E-state index contributed by atoms with van der Waals surface area (Å²) in [7, 11) is 0. The predicted molar refractivity (Wildman–Crippen MR) is 228 cm³/mol. The van der Waals surface area contributed by atoms with E-state index < -0.39 is 35.5 Å². The Kier molecular flexibility index (Phi) is 11.2. The third-order valence-corrected chi connectivity index (χ3v) is 14.5. The number of halogens is 3. The summed E-state index contributed by atoms with van der Waals surface area (Å²) in [6, 6.07) is 14.3. The molecule has 6 aliphatic rings. The van der Waals surface area contributed by atoms with Crippen molar-refractivity contribution in [2.45, 2.75) is 64.0 Å². The number of piperazine rings is 1. The average molecular weight is 867 g/mol. The molecule has 5 amide bonds. The topological polar surface area (TPSA) is 141 Å². The summed E-state index contributed by atoms with van der Waals surface area (Å²) in [6.45, 7) is 8.94. The van der Waals surface area contributed by atoms with Crippen LogP contribution in [0.5, 0.6) is 0 Å². The maximum atomic E-state index is 15.7. The third-order valence-electron chi connectivity index (χ3n) is 14.2. The Morgan fingerprint density at radius 1 is 0.839 bits per heavy atom. The van der Waals surface area contributed by atoms with Gasteiger partial charge in [-0.1, -0.05) is 11.6 Å². The van der Waals surface area contributed by atoms with E-state index in [0.717, 1.165) is 74.9 Å². The van der Waals surface area contributed by atoms with Crippen molar-refractivity contribution in [2.24, 2.45) is 11.3 Å². The summed E-state index contributed by atoms with van der Waals surface area (Å²) in [4.78, 5) is 75.4. The van der Waals surface area contributed by atoms with Crippen molar-refractivity contribution in [3.63, 3.8) is 0 Å². The molecule has 6 heterocycles. The molecular weight excluding hydrogens is 818 g/mol. The van der Waals surface area contributed by atoms with Crippen molar-refractivity contribution in [1.29, 1.82) is 5.26 Å². The van der Waals surface area contributed by atoms with Crippen molar-refractivity contribution in [3.05, 3.63) is 87.4 Å². The molecule has 9 rings (SSSR count). The predicted octanol–water partition coefficient (Wildman–Crippen LogP) is 5.45. The highest BCUT2D eigenvalue weighted by molar-refractivity contribution is 6.32. The van der Waals surface area contributed by atoms with Crippen LogP contribution in [0, 0.1) is 34.3 Å². The van der Waals surface area contributed by atoms with Crippen LogP contribution >= 0.6 is 11.6 Å². The van der Waals surface area contributed by atoms with Gasteiger partial charge in [-0.3, -0.25) is 39.1 Å². The fourth-order valence-electron chi connectivity index (χ4n) is 10.7. The number of imide groups is 2. The summed E-state index contributed by atoms with van der Waals surface area (Å²) in [5, 5.41) is 11.9. The molecule has 1 unspecified atom stereocenters. The van der Waals surface area contributed by atoms with E-state index >= 15 is 8.78 Å². The van der Waals surface area contributed by atoms with Gasteiger partial charge < -0.3 is 19.6 Å².